The molecule has 35 heavy (non-hydrogen) atoms. The van der Waals surface area contributed by atoms with Crippen molar-refractivity contribution in [2.24, 2.45) is 0 Å². The fraction of sp³-hybridized carbons (Fsp3) is 0.148. The summed E-state index contributed by atoms with van der Waals surface area (Å²) in [6.07, 6.45) is -0.744. The zero-order chi connectivity index (χ0) is 24.8. The number of esters is 1. The Morgan fingerprint density at radius 2 is 1.66 bits per heavy atom. The number of benzene rings is 3. The van der Waals surface area contributed by atoms with Crippen molar-refractivity contribution in [3.05, 3.63) is 94.8 Å². The topological polar surface area (TPSA) is 104 Å². The van der Waals surface area contributed by atoms with Gasteiger partial charge in [-0.15, -0.1) is 0 Å². The molecule has 8 heteroatoms. The number of ether oxygens (including phenoxy) is 3. The first kappa shape index (κ1) is 23.6. The number of fused-ring (bicyclic) bond motifs is 1. The van der Waals surface area contributed by atoms with Crippen molar-refractivity contribution in [2.75, 3.05) is 7.11 Å². The van der Waals surface area contributed by atoms with E-state index in [1.165, 1.54) is 19.1 Å². The van der Waals surface area contributed by atoms with Crippen molar-refractivity contribution in [2.45, 2.75) is 19.6 Å². The van der Waals surface area contributed by atoms with Gasteiger partial charge in [0.15, 0.2) is 0 Å². The summed E-state index contributed by atoms with van der Waals surface area (Å²) < 4.78 is 21.0. The van der Waals surface area contributed by atoms with Crippen LogP contribution in [0.15, 0.2) is 88.1 Å². The summed E-state index contributed by atoms with van der Waals surface area (Å²) in [5.74, 6) is 0.167. The molecule has 1 amide bonds. The maximum absolute atomic E-state index is 12.5. The average molecular weight is 473 g/mol. The Morgan fingerprint density at radius 3 is 2.37 bits per heavy atom. The van der Waals surface area contributed by atoms with Gasteiger partial charge in [0.2, 0.25) is 0 Å². The molecule has 0 fully saturated rings. The van der Waals surface area contributed by atoms with Gasteiger partial charge in [0, 0.05) is 17.5 Å². The normalized spacial score (nSPS) is 11.5. The second-order valence-corrected chi connectivity index (χ2v) is 7.71. The summed E-state index contributed by atoms with van der Waals surface area (Å²) in [5, 5.41) is 3.11. The average Bonchev–Trinajstić information content (AvgIpc) is 2.87. The lowest BCUT2D eigenvalue weighted by Gasteiger charge is -2.14. The minimum absolute atomic E-state index is 0.0781. The molecule has 0 saturated heterocycles. The minimum Gasteiger partial charge on any atom is -0.497 e. The molecular weight excluding hydrogens is 450 g/mol. The Balaban J connectivity index is 1.44. The van der Waals surface area contributed by atoms with Crippen molar-refractivity contribution in [3.63, 3.8) is 0 Å². The van der Waals surface area contributed by atoms with Gasteiger partial charge >= 0.3 is 17.7 Å². The molecule has 8 nitrogen and oxygen atoms in total. The molecule has 4 rings (SSSR count). The molecule has 3 aromatic carbocycles. The molecule has 178 valence electrons. The molecule has 1 N–H and O–H groups in total. The van der Waals surface area contributed by atoms with Crippen LogP contribution in [0.4, 0.5) is 4.79 Å². The fourth-order valence-corrected chi connectivity index (χ4v) is 3.42. The number of carbonyl (C=O) groups is 2. The maximum atomic E-state index is 12.5. The van der Waals surface area contributed by atoms with Crippen LogP contribution >= 0.6 is 0 Å². The Kier molecular flexibility index (Phi) is 7.11. The molecule has 1 unspecified atom stereocenters. The number of carbonyl (C=O) groups excluding carboxylic acids is 2. The van der Waals surface area contributed by atoms with E-state index in [4.69, 9.17) is 18.6 Å². The molecule has 1 heterocycles. The van der Waals surface area contributed by atoms with Crippen molar-refractivity contribution < 1.29 is 28.2 Å². The van der Waals surface area contributed by atoms with Crippen molar-refractivity contribution >= 4 is 23.0 Å². The van der Waals surface area contributed by atoms with Crippen LogP contribution in [-0.2, 0) is 16.1 Å². The van der Waals surface area contributed by atoms with Crippen LogP contribution in [-0.4, -0.2) is 25.2 Å². The third-order valence-corrected chi connectivity index (χ3v) is 5.24. The number of rotatable bonds is 7. The number of amides is 1. The highest BCUT2D eigenvalue weighted by atomic mass is 16.6. The zero-order valence-electron chi connectivity index (χ0n) is 19.1. The van der Waals surface area contributed by atoms with E-state index in [-0.39, 0.29) is 17.9 Å². The zero-order valence-corrected chi connectivity index (χ0v) is 19.1. The SMILES string of the molecule is COc1ccc(-c2cc(=O)oc3cc(OC(=O)C(C)NC(=O)OCc4ccccc4)ccc23)cc1. The highest BCUT2D eigenvalue weighted by Crippen LogP contribution is 2.30. The number of nitrogens with one attached hydrogen (secondary N) is 1. The van der Waals surface area contributed by atoms with Gasteiger partial charge in [0.05, 0.1) is 7.11 Å². The third-order valence-electron chi connectivity index (χ3n) is 5.24. The Labute approximate surface area is 201 Å². The van der Waals surface area contributed by atoms with Crippen molar-refractivity contribution in [1.29, 1.82) is 0 Å². The molecule has 0 aliphatic carbocycles. The van der Waals surface area contributed by atoms with E-state index >= 15 is 0 Å². The monoisotopic (exact) mass is 473 g/mol. The maximum Gasteiger partial charge on any atom is 0.408 e. The molecule has 0 aliphatic rings. The highest BCUT2D eigenvalue weighted by molar-refractivity contribution is 5.94. The minimum atomic E-state index is -0.966. The highest BCUT2D eigenvalue weighted by Gasteiger charge is 2.19. The molecule has 0 radical (unpaired) electrons. The molecular formula is C27H23NO7. The Morgan fingerprint density at radius 1 is 0.943 bits per heavy atom. The van der Waals surface area contributed by atoms with Gasteiger partial charge in [-0.3, -0.25) is 0 Å². The fourth-order valence-electron chi connectivity index (χ4n) is 3.42. The van der Waals surface area contributed by atoms with Gasteiger partial charge in [-0.05, 0) is 47.9 Å². The van der Waals surface area contributed by atoms with Gasteiger partial charge in [-0.1, -0.05) is 42.5 Å². The predicted molar refractivity (Wildman–Crippen MR) is 129 cm³/mol. The summed E-state index contributed by atoms with van der Waals surface area (Å²) >= 11 is 0. The summed E-state index contributed by atoms with van der Waals surface area (Å²) in [6, 6.07) is 21.6. The van der Waals surface area contributed by atoms with Crippen LogP contribution in [0.3, 0.4) is 0 Å². The second kappa shape index (κ2) is 10.6. The number of methoxy groups -OCH3 is 1. The molecule has 1 aromatic heterocycles. The van der Waals surface area contributed by atoms with Crippen LogP contribution in [0, 0.1) is 0 Å². The van der Waals surface area contributed by atoms with E-state index in [0.29, 0.717) is 16.7 Å². The van der Waals surface area contributed by atoms with E-state index in [1.54, 1.807) is 31.4 Å². The standard InChI is InChI=1S/C27H23NO7/c1-17(28-27(31)33-16-18-6-4-3-5-7-18)26(30)34-21-12-13-22-23(15-25(29)35-24(22)14-21)19-8-10-20(32-2)11-9-19/h3-15,17H,16H2,1-2H3,(H,28,31). The van der Waals surface area contributed by atoms with Crippen LogP contribution < -0.4 is 20.4 Å². The quantitative estimate of drug-likeness (QED) is 0.236. The van der Waals surface area contributed by atoms with Gasteiger partial charge in [-0.2, -0.15) is 0 Å². The molecule has 0 bridgehead atoms. The molecule has 4 aromatic rings. The first-order valence-electron chi connectivity index (χ1n) is 10.8. The first-order valence-corrected chi connectivity index (χ1v) is 10.8. The lowest BCUT2D eigenvalue weighted by molar-refractivity contribution is -0.136. The Hall–Kier alpha value is -4.59. The van der Waals surface area contributed by atoms with Crippen LogP contribution in [0.2, 0.25) is 0 Å². The third kappa shape index (κ3) is 5.86. The number of alkyl carbamates (subject to hydrolysis) is 1. The first-order chi connectivity index (χ1) is 16.9. The molecule has 0 aliphatic heterocycles. The summed E-state index contributed by atoms with van der Waals surface area (Å²) in [6.45, 7) is 1.56. The van der Waals surface area contributed by atoms with Crippen molar-refractivity contribution in [1.82, 2.24) is 5.32 Å². The number of hydrogen-bond donors (Lipinski definition) is 1. The molecule has 1 atom stereocenters. The van der Waals surface area contributed by atoms with Crippen LogP contribution in [0.25, 0.3) is 22.1 Å². The summed E-state index contributed by atoms with van der Waals surface area (Å²) in [5.41, 5.74) is 2.03. The van der Waals surface area contributed by atoms with E-state index in [9.17, 15) is 14.4 Å². The Bertz CT molecular complexity index is 1390. The smallest absolute Gasteiger partial charge is 0.408 e. The van der Waals surface area contributed by atoms with Gasteiger partial charge < -0.3 is 23.9 Å². The predicted octanol–water partition coefficient (Wildman–Crippen LogP) is 4.69. The van der Waals surface area contributed by atoms with Crippen LogP contribution in [0.5, 0.6) is 11.5 Å². The lowest BCUT2D eigenvalue weighted by Crippen LogP contribution is -2.41. The molecule has 0 spiro atoms. The van der Waals surface area contributed by atoms with E-state index < -0.39 is 23.7 Å². The van der Waals surface area contributed by atoms with Gasteiger partial charge in [0.25, 0.3) is 0 Å². The summed E-state index contributed by atoms with van der Waals surface area (Å²) in [4.78, 5) is 36.7. The van der Waals surface area contributed by atoms with E-state index in [2.05, 4.69) is 5.32 Å². The number of hydrogen-bond acceptors (Lipinski definition) is 7. The molecule has 0 saturated carbocycles. The lowest BCUT2D eigenvalue weighted by atomic mass is 10.0. The van der Waals surface area contributed by atoms with Gasteiger partial charge in [-0.25, -0.2) is 14.4 Å². The second-order valence-electron chi connectivity index (χ2n) is 7.71. The summed E-state index contributed by atoms with van der Waals surface area (Å²) in [7, 11) is 1.58. The van der Waals surface area contributed by atoms with E-state index in [1.807, 2.05) is 42.5 Å². The van der Waals surface area contributed by atoms with E-state index in [0.717, 1.165) is 11.1 Å². The largest absolute Gasteiger partial charge is 0.497 e. The van der Waals surface area contributed by atoms with Crippen molar-refractivity contribution in [3.8, 4) is 22.6 Å². The van der Waals surface area contributed by atoms with Crippen LogP contribution in [0.1, 0.15) is 12.5 Å². The van der Waals surface area contributed by atoms with Gasteiger partial charge in [0.1, 0.15) is 29.7 Å².